The zero-order valence-corrected chi connectivity index (χ0v) is 17.2. The maximum atomic E-state index is 13.4. The highest BCUT2D eigenvalue weighted by Crippen LogP contribution is 2.36. The third-order valence-corrected chi connectivity index (χ3v) is 5.72. The number of halogens is 1. The number of nitro benzene ring substituents is 1. The number of ketones is 1. The largest absolute Gasteiger partial charge is 0.292 e. The van der Waals surface area contributed by atoms with Crippen LogP contribution in [0.3, 0.4) is 0 Å². The van der Waals surface area contributed by atoms with Crippen LogP contribution in [0.4, 0.5) is 10.1 Å². The summed E-state index contributed by atoms with van der Waals surface area (Å²) in [4.78, 5) is 62.8. The summed E-state index contributed by atoms with van der Waals surface area (Å²) in [5.74, 6) is -4.63. The summed E-state index contributed by atoms with van der Waals surface area (Å²) in [5, 5.41) is 12.6. The summed E-state index contributed by atoms with van der Waals surface area (Å²) in [5.41, 5.74) is -0.446. The van der Waals surface area contributed by atoms with Crippen LogP contribution >= 0.6 is 0 Å². The van der Waals surface area contributed by atoms with Crippen LogP contribution < -0.4 is 0 Å². The number of fused-ring (bicyclic) bond motifs is 1. The van der Waals surface area contributed by atoms with Gasteiger partial charge in [-0.3, -0.25) is 29.3 Å². The molecule has 0 bridgehead atoms. The van der Waals surface area contributed by atoms with Crippen molar-refractivity contribution in [3.63, 3.8) is 0 Å². The molecule has 2 atom stereocenters. The van der Waals surface area contributed by atoms with E-state index in [0.29, 0.717) is 17.9 Å². The lowest BCUT2D eigenvalue weighted by Gasteiger charge is -2.30. The lowest BCUT2D eigenvalue weighted by molar-refractivity contribution is -0.384. The van der Waals surface area contributed by atoms with Crippen molar-refractivity contribution < 1.29 is 28.5 Å². The van der Waals surface area contributed by atoms with Gasteiger partial charge in [-0.1, -0.05) is 18.2 Å². The first-order valence-electron chi connectivity index (χ1n) is 10.2. The van der Waals surface area contributed by atoms with Gasteiger partial charge in [-0.15, -0.1) is 0 Å². The summed E-state index contributed by atoms with van der Waals surface area (Å²) >= 11 is 0. The Morgan fingerprint density at radius 1 is 1.00 bits per heavy atom. The second-order valence-corrected chi connectivity index (χ2v) is 7.74. The van der Waals surface area contributed by atoms with Crippen molar-refractivity contribution in [3.8, 4) is 0 Å². The molecular formula is C23H18FN3O6. The molecule has 168 valence electrons. The van der Waals surface area contributed by atoms with Gasteiger partial charge >= 0.3 is 0 Å². The van der Waals surface area contributed by atoms with E-state index in [4.69, 9.17) is 0 Å². The standard InChI is InChI=1S/C23H18FN3O6/c24-16-10-8-14(9-11-16)20(28)13-25(21(29)15-4-3-5-17(12-15)27(32)33)26-22(30)18-6-1-2-7-19(18)23(26)31/h1-5,8-12,18-19H,6-7,13H2/t18-,19-/m0/s1. The van der Waals surface area contributed by atoms with Crippen LogP contribution in [0.5, 0.6) is 0 Å². The Morgan fingerprint density at radius 2 is 1.61 bits per heavy atom. The fourth-order valence-electron chi connectivity index (χ4n) is 4.02. The Morgan fingerprint density at radius 3 is 2.18 bits per heavy atom. The van der Waals surface area contributed by atoms with Gasteiger partial charge < -0.3 is 0 Å². The van der Waals surface area contributed by atoms with Crippen LogP contribution in [-0.2, 0) is 9.59 Å². The molecule has 1 heterocycles. The molecule has 3 amide bonds. The predicted octanol–water partition coefficient (Wildman–Crippen LogP) is 2.93. The highest BCUT2D eigenvalue weighted by molar-refractivity contribution is 6.09. The Labute approximate surface area is 187 Å². The zero-order chi connectivity index (χ0) is 23.7. The van der Waals surface area contributed by atoms with Crippen molar-refractivity contribution in [2.75, 3.05) is 6.54 Å². The summed E-state index contributed by atoms with van der Waals surface area (Å²) in [6, 6.07) is 9.40. The second-order valence-electron chi connectivity index (χ2n) is 7.74. The average Bonchev–Trinajstić information content (AvgIpc) is 3.07. The van der Waals surface area contributed by atoms with Crippen molar-refractivity contribution >= 4 is 29.2 Å². The Kier molecular flexibility index (Phi) is 5.82. The van der Waals surface area contributed by atoms with Gasteiger partial charge in [-0.05, 0) is 43.2 Å². The quantitative estimate of drug-likeness (QED) is 0.219. The van der Waals surface area contributed by atoms with Crippen LogP contribution in [0.2, 0.25) is 0 Å². The first-order valence-corrected chi connectivity index (χ1v) is 10.2. The number of Topliss-reactive ketones (excluding diaryl/α,β-unsaturated/α-hetero) is 1. The maximum absolute atomic E-state index is 13.4. The van der Waals surface area contributed by atoms with Gasteiger partial charge in [0.15, 0.2) is 5.78 Å². The lowest BCUT2D eigenvalue weighted by Crippen LogP contribution is -2.52. The van der Waals surface area contributed by atoms with Crippen molar-refractivity contribution in [3.05, 3.63) is 87.7 Å². The molecular weight excluding hydrogens is 433 g/mol. The van der Waals surface area contributed by atoms with Gasteiger partial charge in [-0.2, -0.15) is 5.01 Å². The predicted molar refractivity (Wildman–Crippen MR) is 112 cm³/mol. The fraction of sp³-hybridized carbons (Fsp3) is 0.217. The molecule has 1 aliphatic heterocycles. The van der Waals surface area contributed by atoms with Gasteiger partial charge in [0.1, 0.15) is 12.4 Å². The number of hydrogen-bond donors (Lipinski definition) is 0. The Bertz CT molecular complexity index is 1170. The number of carbonyl (C=O) groups is 4. The molecule has 33 heavy (non-hydrogen) atoms. The summed E-state index contributed by atoms with van der Waals surface area (Å²) < 4.78 is 13.2. The molecule has 0 radical (unpaired) electrons. The maximum Gasteiger partial charge on any atom is 0.273 e. The molecule has 1 aliphatic carbocycles. The topological polar surface area (TPSA) is 118 Å². The molecule has 2 aromatic rings. The second kappa shape index (κ2) is 8.73. The van der Waals surface area contributed by atoms with E-state index in [1.165, 1.54) is 30.3 Å². The first kappa shape index (κ1) is 22.0. The number of nitro groups is 1. The summed E-state index contributed by atoms with van der Waals surface area (Å²) in [6.07, 6.45) is 4.23. The van der Waals surface area contributed by atoms with Crippen LogP contribution in [-0.4, -0.2) is 45.0 Å². The highest BCUT2D eigenvalue weighted by Gasteiger charge is 2.51. The van der Waals surface area contributed by atoms with E-state index in [1.807, 2.05) is 0 Å². The van der Waals surface area contributed by atoms with Gasteiger partial charge in [0.25, 0.3) is 23.4 Å². The number of nitrogens with zero attached hydrogens (tertiary/aromatic N) is 3. The van der Waals surface area contributed by atoms with E-state index in [0.717, 1.165) is 23.2 Å². The van der Waals surface area contributed by atoms with E-state index >= 15 is 0 Å². The minimum absolute atomic E-state index is 0.0754. The van der Waals surface area contributed by atoms with E-state index in [2.05, 4.69) is 0 Å². The number of rotatable bonds is 6. The average molecular weight is 451 g/mol. The molecule has 2 aromatic carbocycles. The molecule has 1 saturated heterocycles. The third-order valence-electron chi connectivity index (χ3n) is 5.72. The molecule has 4 rings (SSSR count). The smallest absolute Gasteiger partial charge is 0.273 e. The minimum atomic E-state index is -0.914. The van der Waals surface area contributed by atoms with Crippen LogP contribution in [0.1, 0.15) is 33.6 Å². The highest BCUT2D eigenvalue weighted by atomic mass is 19.1. The zero-order valence-electron chi connectivity index (χ0n) is 17.2. The molecule has 0 unspecified atom stereocenters. The van der Waals surface area contributed by atoms with E-state index in [1.54, 1.807) is 12.2 Å². The first-order chi connectivity index (χ1) is 15.8. The van der Waals surface area contributed by atoms with Crippen molar-refractivity contribution in [1.82, 2.24) is 10.0 Å². The van der Waals surface area contributed by atoms with Gasteiger partial charge in [0.2, 0.25) is 0 Å². The molecule has 0 N–H and O–H groups in total. The van der Waals surface area contributed by atoms with Crippen LogP contribution in [0, 0.1) is 27.8 Å². The van der Waals surface area contributed by atoms with Gasteiger partial charge in [0, 0.05) is 23.3 Å². The van der Waals surface area contributed by atoms with E-state index < -0.39 is 52.6 Å². The number of non-ortho nitro benzene ring substituents is 1. The van der Waals surface area contributed by atoms with Gasteiger partial charge in [0.05, 0.1) is 16.8 Å². The fourth-order valence-corrected chi connectivity index (χ4v) is 4.02. The van der Waals surface area contributed by atoms with Crippen molar-refractivity contribution in [2.24, 2.45) is 11.8 Å². The van der Waals surface area contributed by atoms with Crippen LogP contribution in [0.15, 0.2) is 60.7 Å². The number of benzene rings is 2. The number of hydrogen-bond acceptors (Lipinski definition) is 6. The number of hydrazine groups is 1. The Hall–Kier alpha value is -4.21. The SMILES string of the molecule is O=C(CN(C(=O)c1cccc([N+](=O)[O-])c1)N1C(=O)[C@H]2CC=CC[C@@H]2C1=O)c1ccc(F)cc1. The number of allylic oxidation sites excluding steroid dienone is 2. The Balaban J connectivity index is 1.71. The molecule has 0 spiro atoms. The monoisotopic (exact) mass is 451 g/mol. The number of carbonyl (C=O) groups excluding carboxylic acids is 4. The number of imide groups is 1. The summed E-state index contributed by atoms with van der Waals surface area (Å²) in [6.45, 7) is -0.683. The third kappa shape index (κ3) is 4.14. The molecule has 1 fully saturated rings. The lowest BCUT2D eigenvalue weighted by atomic mass is 9.85. The molecule has 2 aliphatic rings. The van der Waals surface area contributed by atoms with Gasteiger partial charge in [-0.25, -0.2) is 9.40 Å². The van der Waals surface area contributed by atoms with Crippen molar-refractivity contribution in [1.29, 1.82) is 0 Å². The minimum Gasteiger partial charge on any atom is -0.292 e. The molecule has 0 aromatic heterocycles. The normalized spacial score (nSPS) is 19.4. The summed E-state index contributed by atoms with van der Waals surface area (Å²) in [7, 11) is 0. The number of amides is 3. The van der Waals surface area contributed by atoms with Crippen LogP contribution in [0.25, 0.3) is 0 Å². The molecule has 0 saturated carbocycles. The van der Waals surface area contributed by atoms with E-state index in [-0.39, 0.29) is 16.8 Å². The molecule has 10 heteroatoms. The van der Waals surface area contributed by atoms with E-state index in [9.17, 15) is 33.7 Å². The molecule has 9 nitrogen and oxygen atoms in total. The van der Waals surface area contributed by atoms with Crippen molar-refractivity contribution in [2.45, 2.75) is 12.8 Å².